The zero-order valence-corrected chi connectivity index (χ0v) is 11.6. The Morgan fingerprint density at radius 2 is 2.25 bits per heavy atom. The second kappa shape index (κ2) is 5.85. The number of carbonyl (C=O) groups is 1. The van der Waals surface area contributed by atoms with E-state index in [-0.39, 0.29) is 12.1 Å². The van der Waals surface area contributed by atoms with Gasteiger partial charge in [0.1, 0.15) is 5.69 Å². The molecule has 0 saturated heterocycles. The first-order chi connectivity index (χ1) is 7.47. The topological polar surface area (TPSA) is 50.2 Å². The van der Waals surface area contributed by atoms with Gasteiger partial charge in [-0.15, -0.1) is 0 Å². The van der Waals surface area contributed by atoms with Crippen molar-refractivity contribution in [2.75, 3.05) is 0 Å². The monoisotopic (exact) mass is 405 g/mol. The fraction of sp³-hybridized carbons (Fsp3) is 0.333. The quantitative estimate of drug-likeness (QED) is 0.618. The van der Waals surface area contributed by atoms with Crippen LogP contribution in [0.15, 0.2) is 6.20 Å². The third-order valence-electron chi connectivity index (χ3n) is 1.92. The van der Waals surface area contributed by atoms with Gasteiger partial charge in [-0.25, -0.2) is 8.78 Å². The molecule has 0 aliphatic carbocycles. The third-order valence-corrected chi connectivity index (χ3v) is 3.68. The molecular weight excluding hydrogens is 399 g/mol. The number of aliphatic carboxylic acids is 1. The van der Waals surface area contributed by atoms with E-state index in [0.29, 0.717) is 20.0 Å². The molecule has 0 aliphatic rings. The van der Waals surface area contributed by atoms with Crippen LogP contribution in [0.1, 0.15) is 23.2 Å². The molecule has 0 saturated carbocycles. The predicted octanol–water partition coefficient (Wildman–Crippen LogP) is 3.15. The number of pyridine rings is 1. The summed E-state index contributed by atoms with van der Waals surface area (Å²) in [6, 6.07) is 0. The number of aromatic nitrogens is 1. The summed E-state index contributed by atoms with van der Waals surface area (Å²) < 4.78 is 25.4. The highest BCUT2D eigenvalue weighted by Crippen LogP contribution is 2.28. The van der Waals surface area contributed by atoms with Crippen molar-refractivity contribution in [3.05, 3.63) is 26.6 Å². The van der Waals surface area contributed by atoms with Crippen molar-refractivity contribution in [2.45, 2.75) is 18.2 Å². The fourth-order valence-electron chi connectivity index (χ4n) is 1.19. The van der Waals surface area contributed by atoms with Gasteiger partial charge >= 0.3 is 5.97 Å². The molecule has 0 bridgehead atoms. The van der Waals surface area contributed by atoms with Crippen LogP contribution in [-0.4, -0.2) is 16.1 Å². The van der Waals surface area contributed by atoms with E-state index < -0.39 is 12.4 Å². The molecule has 0 atom stereocenters. The Kier molecular flexibility index (Phi) is 5.03. The van der Waals surface area contributed by atoms with Gasteiger partial charge in [0.05, 0.1) is 6.42 Å². The van der Waals surface area contributed by atoms with Crippen molar-refractivity contribution in [1.82, 2.24) is 4.98 Å². The SMILES string of the molecule is O=C(O)Cc1cnc(C(F)F)c(I)c1CBr. The third kappa shape index (κ3) is 3.09. The maximum absolute atomic E-state index is 12.5. The highest BCUT2D eigenvalue weighted by molar-refractivity contribution is 14.1. The first-order valence-electron chi connectivity index (χ1n) is 4.19. The Labute approximate surface area is 113 Å². The molecule has 0 fully saturated rings. The van der Waals surface area contributed by atoms with Crippen LogP contribution in [0.4, 0.5) is 8.78 Å². The van der Waals surface area contributed by atoms with Gasteiger partial charge in [-0.2, -0.15) is 0 Å². The van der Waals surface area contributed by atoms with Gasteiger partial charge in [0, 0.05) is 15.1 Å². The summed E-state index contributed by atoms with van der Waals surface area (Å²) in [5.41, 5.74) is 0.718. The number of alkyl halides is 3. The summed E-state index contributed by atoms with van der Waals surface area (Å²) in [6.45, 7) is 0. The van der Waals surface area contributed by atoms with Gasteiger partial charge in [0.25, 0.3) is 6.43 Å². The number of nitrogens with zero attached hydrogens (tertiary/aromatic N) is 1. The summed E-state index contributed by atoms with van der Waals surface area (Å²) in [5.74, 6) is -1.01. The van der Waals surface area contributed by atoms with Gasteiger partial charge in [-0.05, 0) is 33.7 Å². The zero-order valence-electron chi connectivity index (χ0n) is 7.88. The van der Waals surface area contributed by atoms with Crippen molar-refractivity contribution in [3.8, 4) is 0 Å². The van der Waals surface area contributed by atoms with Crippen LogP contribution in [0, 0.1) is 3.57 Å². The molecule has 7 heteroatoms. The van der Waals surface area contributed by atoms with E-state index in [9.17, 15) is 13.6 Å². The molecule has 1 N–H and O–H groups in total. The van der Waals surface area contributed by atoms with Crippen LogP contribution in [-0.2, 0) is 16.5 Å². The molecule has 1 heterocycles. The van der Waals surface area contributed by atoms with Crippen molar-refractivity contribution in [1.29, 1.82) is 0 Å². The van der Waals surface area contributed by atoms with Gasteiger partial charge in [0.15, 0.2) is 0 Å². The Morgan fingerprint density at radius 3 is 2.69 bits per heavy atom. The number of rotatable bonds is 4. The lowest BCUT2D eigenvalue weighted by Gasteiger charge is -2.10. The predicted molar refractivity (Wildman–Crippen MR) is 65.9 cm³/mol. The van der Waals surface area contributed by atoms with Crippen LogP contribution in [0.5, 0.6) is 0 Å². The molecule has 3 nitrogen and oxygen atoms in total. The molecule has 0 amide bonds. The second-order valence-electron chi connectivity index (χ2n) is 2.97. The smallest absolute Gasteiger partial charge is 0.307 e. The van der Waals surface area contributed by atoms with Crippen LogP contribution in [0.2, 0.25) is 0 Å². The van der Waals surface area contributed by atoms with Crippen molar-refractivity contribution in [2.24, 2.45) is 0 Å². The lowest BCUT2D eigenvalue weighted by Crippen LogP contribution is -2.08. The summed E-state index contributed by atoms with van der Waals surface area (Å²) in [4.78, 5) is 14.2. The second-order valence-corrected chi connectivity index (χ2v) is 4.61. The van der Waals surface area contributed by atoms with Crippen LogP contribution in [0.3, 0.4) is 0 Å². The van der Waals surface area contributed by atoms with Crippen LogP contribution < -0.4 is 0 Å². The number of hydrogen-bond acceptors (Lipinski definition) is 2. The maximum Gasteiger partial charge on any atom is 0.307 e. The molecule has 0 aliphatic heterocycles. The Morgan fingerprint density at radius 1 is 1.62 bits per heavy atom. The minimum atomic E-state index is -2.65. The normalized spacial score (nSPS) is 10.8. The average Bonchev–Trinajstić information content (AvgIpc) is 2.16. The van der Waals surface area contributed by atoms with Gasteiger partial charge in [-0.1, -0.05) is 15.9 Å². The van der Waals surface area contributed by atoms with E-state index in [1.807, 2.05) is 0 Å². The van der Waals surface area contributed by atoms with Crippen molar-refractivity contribution >= 4 is 44.5 Å². The van der Waals surface area contributed by atoms with E-state index in [1.54, 1.807) is 22.6 Å². The molecule has 0 unspecified atom stereocenters. The maximum atomic E-state index is 12.5. The number of halogens is 4. The molecule has 0 aromatic carbocycles. The molecule has 0 spiro atoms. The lowest BCUT2D eigenvalue weighted by atomic mass is 10.1. The molecular formula is C9H7BrF2INO2. The van der Waals surface area contributed by atoms with Gasteiger partial charge in [-0.3, -0.25) is 9.78 Å². The summed E-state index contributed by atoms with van der Waals surface area (Å²) >= 11 is 4.93. The van der Waals surface area contributed by atoms with E-state index in [1.165, 1.54) is 6.20 Å². The number of carboxylic acids is 1. The average molecular weight is 406 g/mol. The van der Waals surface area contributed by atoms with Crippen molar-refractivity contribution < 1.29 is 18.7 Å². The van der Waals surface area contributed by atoms with Crippen molar-refractivity contribution in [3.63, 3.8) is 0 Å². The van der Waals surface area contributed by atoms with Gasteiger partial charge in [0.2, 0.25) is 0 Å². The zero-order chi connectivity index (χ0) is 12.3. The van der Waals surface area contributed by atoms with E-state index >= 15 is 0 Å². The largest absolute Gasteiger partial charge is 0.481 e. The lowest BCUT2D eigenvalue weighted by molar-refractivity contribution is -0.136. The molecule has 16 heavy (non-hydrogen) atoms. The molecule has 88 valence electrons. The number of hydrogen-bond donors (Lipinski definition) is 1. The Bertz CT molecular complexity index is 415. The molecule has 1 rings (SSSR count). The summed E-state index contributed by atoms with van der Waals surface area (Å²) in [7, 11) is 0. The standard InChI is InChI=1S/C9H7BrF2INO2/c10-2-5-4(1-6(15)16)3-14-8(7(5)13)9(11)12/h3,9H,1-2H2,(H,15,16). The summed E-state index contributed by atoms with van der Waals surface area (Å²) in [6.07, 6.45) is -1.66. The Hall–Kier alpha value is -0.310. The summed E-state index contributed by atoms with van der Waals surface area (Å²) in [5, 5.41) is 8.99. The van der Waals surface area contributed by atoms with E-state index in [2.05, 4.69) is 20.9 Å². The van der Waals surface area contributed by atoms with Crippen LogP contribution in [0.25, 0.3) is 0 Å². The van der Waals surface area contributed by atoms with Crippen LogP contribution >= 0.6 is 38.5 Å². The van der Waals surface area contributed by atoms with Gasteiger partial charge < -0.3 is 5.11 Å². The van der Waals surface area contributed by atoms with E-state index in [0.717, 1.165) is 0 Å². The highest BCUT2D eigenvalue weighted by atomic mass is 127. The first-order valence-corrected chi connectivity index (χ1v) is 6.39. The highest BCUT2D eigenvalue weighted by Gasteiger charge is 2.19. The fourth-order valence-corrected chi connectivity index (χ4v) is 3.27. The van der Waals surface area contributed by atoms with E-state index in [4.69, 9.17) is 5.11 Å². The molecule has 1 aromatic heterocycles. The molecule has 0 radical (unpaired) electrons. The minimum absolute atomic E-state index is 0.215. The minimum Gasteiger partial charge on any atom is -0.481 e. The number of carboxylic acid groups (broad SMARTS) is 1. The molecule has 1 aromatic rings. The first kappa shape index (κ1) is 13.8. The Balaban J connectivity index is 3.23.